The number of hydrogen-bond acceptors (Lipinski definition) is 6. The van der Waals surface area contributed by atoms with Crippen molar-refractivity contribution in [3.05, 3.63) is 57.6 Å². The van der Waals surface area contributed by atoms with Crippen molar-refractivity contribution in [1.82, 2.24) is 10.2 Å². The minimum Gasteiger partial charge on any atom is -0.379 e. The molecule has 0 bridgehead atoms. The van der Waals surface area contributed by atoms with Gasteiger partial charge in [0.25, 0.3) is 11.1 Å². The number of amides is 3. The van der Waals surface area contributed by atoms with Crippen LogP contribution in [-0.4, -0.2) is 74.1 Å². The quantitative estimate of drug-likeness (QED) is 0.445. The minimum atomic E-state index is -0.355. The Balaban J connectivity index is 1.45. The number of nitrogens with one attached hydrogen (secondary N) is 2. The van der Waals surface area contributed by atoms with Gasteiger partial charge in [-0.2, -0.15) is 0 Å². The molecule has 1 saturated heterocycles. The molecule has 0 aromatic heterocycles. The molecule has 1 heterocycles. The molecule has 1 aliphatic heterocycles. The van der Waals surface area contributed by atoms with E-state index in [2.05, 4.69) is 15.5 Å². The van der Waals surface area contributed by atoms with Crippen molar-refractivity contribution in [2.45, 2.75) is 27.2 Å². The molecule has 10 heteroatoms. The maximum absolute atomic E-state index is 12.7. The Bertz CT molecular complexity index is 1110. The summed E-state index contributed by atoms with van der Waals surface area (Å²) in [5, 5.41) is 5.66. The van der Waals surface area contributed by atoms with Crippen LogP contribution in [0.5, 0.6) is 0 Å². The molecule has 2 N–H and O–H groups in total. The summed E-state index contributed by atoms with van der Waals surface area (Å²) in [4.78, 5) is 41.5. The van der Waals surface area contributed by atoms with Gasteiger partial charge in [0.05, 0.1) is 29.7 Å². The highest BCUT2D eigenvalue weighted by Gasteiger charge is 2.18. The van der Waals surface area contributed by atoms with Crippen LogP contribution in [0.2, 0.25) is 5.02 Å². The second kappa shape index (κ2) is 13.8. The Morgan fingerprint density at radius 1 is 1.08 bits per heavy atom. The number of halogens is 1. The molecule has 3 amide bonds. The first-order valence-electron chi connectivity index (χ1n) is 12.3. The van der Waals surface area contributed by atoms with Crippen LogP contribution in [0.15, 0.2) is 30.3 Å². The van der Waals surface area contributed by atoms with Crippen molar-refractivity contribution in [3.8, 4) is 0 Å². The van der Waals surface area contributed by atoms with Crippen molar-refractivity contribution < 1.29 is 19.1 Å². The third kappa shape index (κ3) is 8.46. The van der Waals surface area contributed by atoms with Crippen LogP contribution in [0.25, 0.3) is 0 Å². The lowest BCUT2D eigenvalue weighted by atomic mass is 10.0. The summed E-state index contributed by atoms with van der Waals surface area (Å²) in [5.41, 5.74) is 4.81. The Morgan fingerprint density at radius 3 is 2.41 bits per heavy atom. The van der Waals surface area contributed by atoms with Crippen LogP contribution in [0, 0.1) is 20.8 Å². The molecule has 2 aromatic carbocycles. The highest BCUT2D eigenvalue weighted by atomic mass is 35.5. The van der Waals surface area contributed by atoms with E-state index >= 15 is 0 Å². The molecule has 0 spiro atoms. The van der Waals surface area contributed by atoms with Crippen LogP contribution >= 0.6 is 23.4 Å². The van der Waals surface area contributed by atoms with E-state index in [1.54, 1.807) is 24.1 Å². The van der Waals surface area contributed by atoms with Gasteiger partial charge in [0.15, 0.2) is 0 Å². The van der Waals surface area contributed by atoms with Gasteiger partial charge in [-0.3, -0.25) is 19.3 Å². The molecule has 0 radical (unpaired) electrons. The van der Waals surface area contributed by atoms with Crippen molar-refractivity contribution in [3.63, 3.8) is 0 Å². The van der Waals surface area contributed by atoms with Gasteiger partial charge < -0.3 is 20.3 Å². The number of carbonyl (C=O) groups excluding carboxylic acids is 3. The third-order valence-corrected chi connectivity index (χ3v) is 7.36. The highest BCUT2D eigenvalue weighted by molar-refractivity contribution is 8.14. The number of ether oxygens (including phenoxy) is 1. The zero-order valence-corrected chi connectivity index (χ0v) is 23.4. The number of aryl methyl sites for hydroxylation is 3. The van der Waals surface area contributed by atoms with Crippen molar-refractivity contribution in [1.29, 1.82) is 0 Å². The summed E-state index contributed by atoms with van der Waals surface area (Å²) >= 11 is 7.25. The molecule has 3 rings (SSSR count). The average molecular weight is 547 g/mol. The summed E-state index contributed by atoms with van der Waals surface area (Å²) in [6, 6.07) is 8.81. The molecular formula is C27H35ClN4O4S. The number of carbonyl (C=O) groups is 3. The molecular weight excluding hydrogens is 512 g/mol. The number of hydrogen-bond donors (Lipinski definition) is 2. The van der Waals surface area contributed by atoms with Crippen molar-refractivity contribution in [2.24, 2.45) is 0 Å². The largest absolute Gasteiger partial charge is 0.379 e. The number of morpholine rings is 1. The lowest BCUT2D eigenvalue weighted by Crippen LogP contribution is -2.38. The van der Waals surface area contributed by atoms with Crippen molar-refractivity contribution in [2.75, 3.05) is 62.4 Å². The molecule has 8 nitrogen and oxygen atoms in total. The van der Waals surface area contributed by atoms with E-state index in [0.717, 1.165) is 73.4 Å². The molecule has 1 aliphatic rings. The summed E-state index contributed by atoms with van der Waals surface area (Å²) in [7, 11) is 1.71. The van der Waals surface area contributed by atoms with Gasteiger partial charge in [-0.15, -0.1) is 0 Å². The third-order valence-electron chi connectivity index (χ3n) is 6.12. The normalized spacial score (nSPS) is 13.8. The minimum absolute atomic E-state index is 0.0607. The fraction of sp³-hybridized carbons (Fsp3) is 0.444. The average Bonchev–Trinajstić information content (AvgIpc) is 2.86. The smallest absolute Gasteiger partial charge is 0.286 e. The van der Waals surface area contributed by atoms with Gasteiger partial charge in [0, 0.05) is 37.9 Å². The first-order valence-corrected chi connectivity index (χ1v) is 13.7. The predicted molar refractivity (Wildman–Crippen MR) is 151 cm³/mol. The van der Waals surface area contributed by atoms with Gasteiger partial charge in [0.1, 0.15) is 0 Å². The molecule has 37 heavy (non-hydrogen) atoms. The molecule has 2 aromatic rings. The Hall–Kier alpha value is -2.59. The van der Waals surface area contributed by atoms with Gasteiger partial charge >= 0.3 is 0 Å². The van der Waals surface area contributed by atoms with Crippen LogP contribution in [0.3, 0.4) is 0 Å². The molecule has 0 atom stereocenters. The maximum Gasteiger partial charge on any atom is 0.286 e. The summed E-state index contributed by atoms with van der Waals surface area (Å²) in [6.07, 6.45) is 0.849. The van der Waals surface area contributed by atoms with E-state index in [4.69, 9.17) is 16.3 Å². The van der Waals surface area contributed by atoms with Crippen LogP contribution in [-0.2, 0) is 9.53 Å². The summed E-state index contributed by atoms with van der Waals surface area (Å²) in [6.45, 7) is 10.8. The van der Waals surface area contributed by atoms with Crippen LogP contribution < -0.4 is 15.5 Å². The molecule has 0 saturated carbocycles. The maximum atomic E-state index is 12.7. The molecule has 200 valence electrons. The zero-order chi connectivity index (χ0) is 26.9. The van der Waals surface area contributed by atoms with Gasteiger partial charge in [0.2, 0.25) is 5.91 Å². The number of thioether (sulfide) groups is 1. The van der Waals surface area contributed by atoms with Gasteiger partial charge in [-0.25, -0.2) is 0 Å². The second-order valence-corrected chi connectivity index (χ2v) is 10.5. The topological polar surface area (TPSA) is 91.0 Å². The number of anilines is 2. The fourth-order valence-electron chi connectivity index (χ4n) is 4.39. The van der Waals surface area contributed by atoms with E-state index in [1.165, 1.54) is 6.07 Å². The summed E-state index contributed by atoms with van der Waals surface area (Å²) in [5.74, 6) is -0.631. The number of benzene rings is 2. The Labute approximate surface area is 228 Å². The Morgan fingerprint density at radius 2 is 1.76 bits per heavy atom. The van der Waals surface area contributed by atoms with E-state index < -0.39 is 0 Å². The summed E-state index contributed by atoms with van der Waals surface area (Å²) < 4.78 is 5.34. The van der Waals surface area contributed by atoms with E-state index in [-0.39, 0.29) is 27.8 Å². The standard InChI is InChI=1S/C27H35ClN4O4S/c1-18-14-19(2)25(20(3)15-18)31(4)27(35)37-17-24(33)30-23-7-6-21(16-22(23)28)26(34)29-8-5-9-32-10-12-36-13-11-32/h6-7,14-16H,5,8-13,17H2,1-4H3,(H,29,34)(H,30,33). The monoisotopic (exact) mass is 546 g/mol. The molecule has 0 aliphatic carbocycles. The first-order chi connectivity index (χ1) is 17.7. The lowest BCUT2D eigenvalue weighted by molar-refractivity contribution is -0.113. The van der Waals surface area contributed by atoms with Gasteiger partial charge in [-0.1, -0.05) is 41.1 Å². The first kappa shape index (κ1) is 29.0. The number of nitrogens with zero attached hydrogens (tertiary/aromatic N) is 2. The van der Waals surface area contributed by atoms with Gasteiger partial charge in [-0.05, 0) is 63.1 Å². The van der Waals surface area contributed by atoms with E-state index in [1.807, 2.05) is 32.9 Å². The van der Waals surface area contributed by atoms with E-state index in [0.29, 0.717) is 17.8 Å². The Kier molecular flexibility index (Phi) is 10.8. The van der Waals surface area contributed by atoms with E-state index in [9.17, 15) is 14.4 Å². The highest BCUT2D eigenvalue weighted by Crippen LogP contribution is 2.28. The fourth-order valence-corrected chi connectivity index (χ4v) is 5.23. The second-order valence-electron chi connectivity index (χ2n) is 9.17. The SMILES string of the molecule is Cc1cc(C)c(N(C)C(=O)SCC(=O)Nc2ccc(C(=O)NCCCN3CCOCC3)cc2Cl)c(C)c1. The molecule has 0 unspecified atom stereocenters. The van der Waals surface area contributed by atoms with Crippen LogP contribution in [0.4, 0.5) is 16.2 Å². The lowest BCUT2D eigenvalue weighted by Gasteiger charge is -2.26. The van der Waals surface area contributed by atoms with Crippen molar-refractivity contribution >= 4 is 51.8 Å². The number of rotatable bonds is 9. The zero-order valence-electron chi connectivity index (χ0n) is 21.9. The predicted octanol–water partition coefficient (Wildman–Crippen LogP) is 4.65. The van der Waals surface area contributed by atoms with Crippen LogP contribution in [0.1, 0.15) is 33.5 Å². The molecule has 1 fully saturated rings.